The van der Waals surface area contributed by atoms with Crippen molar-refractivity contribution in [1.82, 2.24) is 0 Å². The SMILES string of the molecule is C(=Nc1ccccc1[P+](c1ccccc1)(c1ccccc1)c1ccccc1)c1ccccc1.O=S(=O)([O-])C(F)(F)F. The molecule has 5 aromatic rings. The van der Waals surface area contributed by atoms with E-state index in [4.69, 9.17) is 18.0 Å². The number of benzene rings is 5. The van der Waals surface area contributed by atoms with E-state index < -0.39 is 22.9 Å². The Morgan fingerprint density at radius 3 is 1.32 bits per heavy atom. The maximum atomic E-state index is 10.7. The van der Waals surface area contributed by atoms with Crippen LogP contribution in [0.25, 0.3) is 0 Å². The maximum Gasteiger partial charge on any atom is 0.485 e. The molecule has 9 heteroatoms. The zero-order chi connectivity index (χ0) is 29.3. The first-order valence-electron chi connectivity index (χ1n) is 12.4. The van der Waals surface area contributed by atoms with Crippen molar-refractivity contribution in [2.75, 3.05) is 0 Å². The van der Waals surface area contributed by atoms with E-state index in [2.05, 4.69) is 127 Å². The van der Waals surface area contributed by atoms with E-state index in [-0.39, 0.29) is 0 Å². The van der Waals surface area contributed by atoms with Gasteiger partial charge in [-0.15, -0.1) is 0 Å². The second kappa shape index (κ2) is 13.0. The van der Waals surface area contributed by atoms with Crippen LogP contribution in [0, 0.1) is 0 Å². The van der Waals surface area contributed by atoms with Gasteiger partial charge >= 0.3 is 5.51 Å². The lowest BCUT2D eigenvalue weighted by atomic mass is 10.2. The standard InChI is InChI=1S/C31H25NP.CHF3O3S/c1-5-15-26(16-6-1)25-32-30-23-13-14-24-31(30)33(27-17-7-2-8-18-27,28-19-9-3-10-20-28)29-21-11-4-12-22-29;2-1(3,4)8(5,6)7/h1-25H;(H,5,6,7)/q+1;/p-1. The number of rotatable bonds is 6. The number of alkyl halides is 3. The van der Waals surface area contributed by atoms with Crippen LogP contribution in [0.5, 0.6) is 0 Å². The average Bonchev–Trinajstić information content (AvgIpc) is 2.99. The Morgan fingerprint density at radius 2 is 0.927 bits per heavy atom. The molecule has 5 rings (SSSR count). The monoisotopic (exact) mass is 591 g/mol. The summed E-state index contributed by atoms with van der Waals surface area (Å²) in [5.41, 5.74) is -3.55. The Balaban J connectivity index is 0.000000426. The first kappa shape index (κ1) is 29.9. The molecule has 0 atom stereocenters. The second-order valence-electron chi connectivity index (χ2n) is 8.73. The molecule has 4 nitrogen and oxygen atoms in total. The van der Waals surface area contributed by atoms with Gasteiger partial charge in [0.2, 0.25) is 0 Å². The van der Waals surface area contributed by atoms with E-state index in [1.54, 1.807) is 0 Å². The van der Waals surface area contributed by atoms with Crippen molar-refractivity contribution in [3.8, 4) is 0 Å². The topological polar surface area (TPSA) is 69.6 Å². The van der Waals surface area contributed by atoms with Crippen molar-refractivity contribution < 1.29 is 26.1 Å². The molecule has 0 unspecified atom stereocenters. The maximum absolute atomic E-state index is 10.7. The van der Waals surface area contributed by atoms with Crippen molar-refractivity contribution in [2.45, 2.75) is 5.51 Å². The highest BCUT2D eigenvalue weighted by molar-refractivity contribution is 8.01. The first-order chi connectivity index (χ1) is 19.6. The van der Waals surface area contributed by atoms with Gasteiger partial charge in [0.1, 0.15) is 34.2 Å². The molecule has 0 bridgehead atoms. The number of halogens is 3. The summed E-state index contributed by atoms with van der Waals surface area (Å²) in [5.74, 6) is 0. The molecule has 0 amide bonds. The molecule has 0 aliphatic rings. The fourth-order valence-corrected chi connectivity index (χ4v) is 8.73. The lowest BCUT2D eigenvalue weighted by Crippen LogP contribution is -2.38. The molecule has 0 aromatic heterocycles. The van der Waals surface area contributed by atoms with Crippen LogP contribution in [-0.4, -0.2) is 24.7 Å². The molecule has 5 aromatic carbocycles. The number of hydrogen-bond donors (Lipinski definition) is 0. The Morgan fingerprint density at radius 1 is 0.585 bits per heavy atom. The van der Waals surface area contributed by atoms with Crippen molar-refractivity contribution >= 4 is 50.5 Å². The number of para-hydroxylation sites is 1. The Bertz CT molecular complexity index is 1590. The van der Waals surface area contributed by atoms with Gasteiger partial charge in [-0.05, 0) is 54.1 Å². The van der Waals surface area contributed by atoms with Gasteiger partial charge in [0.15, 0.2) is 10.1 Å². The third-order valence-corrected chi connectivity index (χ3v) is 11.0. The van der Waals surface area contributed by atoms with Crippen molar-refractivity contribution in [3.05, 3.63) is 151 Å². The summed E-state index contributed by atoms with van der Waals surface area (Å²) in [6.45, 7) is 0. The van der Waals surface area contributed by atoms with Crippen LogP contribution >= 0.6 is 7.26 Å². The summed E-state index contributed by atoms with van der Waals surface area (Å²) in [4.78, 5) is 5.02. The van der Waals surface area contributed by atoms with Crippen LogP contribution in [0.3, 0.4) is 0 Å². The third kappa shape index (κ3) is 6.98. The summed E-state index contributed by atoms with van der Waals surface area (Å²) in [6, 6.07) is 51.7. The molecular weight excluding hydrogens is 566 g/mol. The van der Waals surface area contributed by atoms with Crippen molar-refractivity contribution in [2.24, 2.45) is 4.99 Å². The smallest absolute Gasteiger partial charge is 0.485 e. The molecule has 41 heavy (non-hydrogen) atoms. The van der Waals surface area contributed by atoms with E-state index >= 15 is 0 Å². The minimum atomic E-state index is -6.09. The van der Waals surface area contributed by atoms with E-state index in [9.17, 15) is 13.2 Å². The Labute approximate surface area is 238 Å². The highest BCUT2D eigenvalue weighted by Gasteiger charge is 2.49. The van der Waals surface area contributed by atoms with E-state index in [0.29, 0.717) is 0 Å². The molecular formula is C32H25F3NO3PS. The Hall–Kier alpha value is -4.10. The van der Waals surface area contributed by atoms with Crippen LogP contribution < -0.4 is 21.2 Å². The van der Waals surface area contributed by atoms with Gasteiger partial charge in [0, 0.05) is 6.21 Å². The quantitative estimate of drug-likeness (QED) is 0.104. The van der Waals surface area contributed by atoms with E-state index in [1.807, 2.05) is 24.4 Å². The summed E-state index contributed by atoms with van der Waals surface area (Å²) >= 11 is 0. The van der Waals surface area contributed by atoms with Gasteiger partial charge in [-0.25, -0.2) is 8.42 Å². The lowest BCUT2D eigenvalue weighted by Gasteiger charge is -2.28. The van der Waals surface area contributed by atoms with Crippen LogP contribution in [-0.2, 0) is 10.1 Å². The molecule has 0 heterocycles. The molecule has 0 radical (unpaired) electrons. The number of aliphatic imine (C=N–C) groups is 1. The second-order valence-corrected chi connectivity index (χ2v) is 13.5. The Kier molecular flexibility index (Phi) is 9.50. The van der Waals surface area contributed by atoms with Crippen LogP contribution in [0.4, 0.5) is 18.9 Å². The minimum Gasteiger partial charge on any atom is -0.741 e. The molecule has 0 fully saturated rings. The normalized spacial score (nSPS) is 12.0. The molecule has 0 saturated carbocycles. The summed E-state index contributed by atoms with van der Waals surface area (Å²) < 4.78 is 58.9. The fraction of sp³-hybridized carbons (Fsp3) is 0.0312. The van der Waals surface area contributed by atoms with E-state index in [0.717, 1.165) is 11.3 Å². The number of hydrogen-bond acceptors (Lipinski definition) is 4. The van der Waals surface area contributed by atoms with Gasteiger partial charge in [-0.3, -0.25) is 4.99 Å². The van der Waals surface area contributed by atoms with Crippen LogP contribution in [0.15, 0.2) is 151 Å². The van der Waals surface area contributed by atoms with Gasteiger partial charge in [-0.1, -0.05) is 97.1 Å². The van der Waals surface area contributed by atoms with Gasteiger partial charge in [0.05, 0.1) is 0 Å². The summed E-state index contributed by atoms with van der Waals surface area (Å²) in [5, 5.41) is 5.24. The predicted octanol–water partition coefficient (Wildman–Crippen LogP) is 6.11. The van der Waals surface area contributed by atoms with Crippen molar-refractivity contribution in [3.63, 3.8) is 0 Å². The summed E-state index contributed by atoms with van der Waals surface area (Å²) in [7, 11) is -8.27. The molecule has 0 spiro atoms. The largest absolute Gasteiger partial charge is 0.741 e. The van der Waals surface area contributed by atoms with Crippen molar-refractivity contribution in [1.29, 1.82) is 0 Å². The first-order valence-corrected chi connectivity index (χ1v) is 15.6. The minimum absolute atomic E-state index is 1.01. The van der Waals surface area contributed by atoms with Crippen LogP contribution in [0.1, 0.15) is 5.56 Å². The molecule has 0 aliphatic heterocycles. The van der Waals surface area contributed by atoms with Gasteiger partial charge < -0.3 is 4.55 Å². The molecule has 0 saturated heterocycles. The highest BCUT2D eigenvalue weighted by atomic mass is 32.2. The van der Waals surface area contributed by atoms with Gasteiger partial charge in [-0.2, -0.15) is 13.2 Å². The molecule has 208 valence electrons. The van der Waals surface area contributed by atoms with Crippen LogP contribution in [0.2, 0.25) is 0 Å². The molecule has 0 aliphatic carbocycles. The highest BCUT2D eigenvalue weighted by Crippen LogP contribution is 2.56. The average molecular weight is 592 g/mol. The zero-order valence-electron chi connectivity index (χ0n) is 21.6. The fourth-order valence-electron chi connectivity index (χ4n) is 4.36. The third-order valence-electron chi connectivity index (χ3n) is 6.11. The number of nitrogens with zero attached hydrogens (tertiary/aromatic N) is 1. The van der Waals surface area contributed by atoms with Gasteiger partial charge in [0.25, 0.3) is 0 Å². The lowest BCUT2D eigenvalue weighted by molar-refractivity contribution is -0.0517. The predicted molar refractivity (Wildman–Crippen MR) is 161 cm³/mol. The molecule has 0 N–H and O–H groups in total. The summed E-state index contributed by atoms with van der Waals surface area (Å²) in [6.07, 6.45) is 1.97. The van der Waals surface area contributed by atoms with E-state index in [1.165, 1.54) is 21.2 Å². The zero-order valence-corrected chi connectivity index (χ0v) is 23.3.